The van der Waals surface area contributed by atoms with E-state index in [1.807, 2.05) is 26.0 Å². The van der Waals surface area contributed by atoms with Crippen LogP contribution in [0.5, 0.6) is 5.75 Å². The molecule has 1 fully saturated rings. The quantitative estimate of drug-likeness (QED) is 0.0536. The van der Waals surface area contributed by atoms with Crippen LogP contribution in [0.15, 0.2) is 47.5 Å². The molecular weight excluding hydrogens is 768 g/mol. The first-order valence-electron chi connectivity index (χ1n) is 19.2. The predicted molar refractivity (Wildman–Crippen MR) is 220 cm³/mol. The molecule has 14 nitrogen and oxygen atoms in total. The van der Waals surface area contributed by atoms with Gasteiger partial charge in [0.2, 0.25) is 17.7 Å². The molecule has 0 spiro atoms. The van der Waals surface area contributed by atoms with Gasteiger partial charge in [-0.1, -0.05) is 55.5 Å². The fraction of sp³-hybridized carbons (Fsp3) is 0.415. The number of halogens is 1. The number of amidine groups is 2. The molecule has 57 heavy (non-hydrogen) atoms. The smallest absolute Gasteiger partial charge is 0.410 e. The lowest BCUT2D eigenvalue weighted by Gasteiger charge is -2.29. The lowest BCUT2D eigenvalue weighted by molar-refractivity contribution is -0.137. The van der Waals surface area contributed by atoms with E-state index in [1.165, 1.54) is 16.2 Å². The number of nitrogens with one attached hydrogen (secondary N) is 5. The lowest BCUT2D eigenvalue weighted by Crippen LogP contribution is -2.52. The van der Waals surface area contributed by atoms with Crippen molar-refractivity contribution in [2.24, 2.45) is 4.99 Å². The van der Waals surface area contributed by atoms with E-state index in [2.05, 4.69) is 16.0 Å². The Morgan fingerprint density at radius 1 is 1.00 bits per heavy atom. The van der Waals surface area contributed by atoms with Gasteiger partial charge in [-0.3, -0.25) is 45.2 Å². The lowest BCUT2D eigenvalue weighted by atomic mass is 9.99. The van der Waals surface area contributed by atoms with Crippen molar-refractivity contribution in [1.29, 1.82) is 10.8 Å². The molecule has 2 atom stereocenters. The standard InChI is InChI=1S/C41H47ClN8O6S/c1-23-24(2)57-40-35(23)36(26-13-15-27(42)16-14-26)47-30(37(44)50(40)25(3)43)21-34(52)45-19-8-6-4-5-7-9-20-46-41(55)56-32-12-10-11-28-29(32)22-49(39(28)54)31-17-18-33(51)48-38(31)53/h10-16,30-31,43-44H,4-9,17-22H2,1-3H3,(H,45,52)(H,46,55)(H,48,51,53)/t30-,31?/m0/s1. The summed E-state index contributed by atoms with van der Waals surface area (Å²) in [5.74, 6) is -0.868. The molecule has 300 valence electrons. The van der Waals surface area contributed by atoms with Crippen LogP contribution in [0.25, 0.3) is 0 Å². The van der Waals surface area contributed by atoms with E-state index in [0.29, 0.717) is 35.0 Å². The molecule has 1 saturated heterocycles. The van der Waals surface area contributed by atoms with E-state index >= 15 is 0 Å². The largest absolute Gasteiger partial charge is 0.412 e. The zero-order valence-electron chi connectivity index (χ0n) is 32.3. The molecule has 1 aromatic heterocycles. The highest BCUT2D eigenvalue weighted by Crippen LogP contribution is 2.40. The van der Waals surface area contributed by atoms with Crippen LogP contribution >= 0.6 is 22.9 Å². The van der Waals surface area contributed by atoms with Crippen LogP contribution in [0, 0.1) is 24.7 Å². The van der Waals surface area contributed by atoms with Crippen LogP contribution in [0.3, 0.4) is 0 Å². The number of benzene rings is 2. The molecule has 16 heteroatoms. The van der Waals surface area contributed by atoms with E-state index in [4.69, 9.17) is 32.1 Å². The van der Waals surface area contributed by atoms with E-state index < -0.39 is 24.1 Å². The summed E-state index contributed by atoms with van der Waals surface area (Å²) in [7, 11) is 0. The van der Waals surface area contributed by atoms with Gasteiger partial charge in [-0.25, -0.2) is 4.79 Å². The van der Waals surface area contributed by atoms with Crippen LogP contribution in [0.4, 0.5) is 9.80 Å². The molecule has 3 aliphatic rings. The monoisotopic (exact) mass is 814 g/mol. The number of carbonyl (C=O) groups excluding carboxylic acids is 5. The zero-order valence-corrected chi connectivity index (χ0v) is 33.8. The van der Waals surface area contributed by atoms with Gasteiger partial charge < -0.3 is 20.3 Å². The number of anilines is 1. The summed E-state index contributed by atoms with van der Waals surface area (Å²) >= 11 is 7.70. The van der Waals surface area contributed by atoms with Crippen molar-refractivity contribution in [2.75, 3.05) is 18.0 Å². The number of ether oxygens (including phenoxy) is 1. The highest BCUT2D eigenvalue weighted by molar-refractivity contribution is 7.17. The molecule has 5 amide bonds. The molecule has 0 aliphatic carbocycles. The van der Waals surface area contributed by atoms with Gasteiger partial charge in [0, 0.05) is 51.7 Å². The van der Waals surface area contributed by atoms with Crippen LogP contribution < -0.4 is 25.6 Å². The van der Waals surface area contributed by atoms with Gasteiger partial charge in [0.1, 0.15) is 34.5 Å². The van der Waals surface area contributed by atoms with Crippen molar-refractivity contribution in [2.45, 2.75) is 97.2 Å². The highest BCUT2D eigenvalue weighted by Gasteiger charge is 2.40. The summed E-state index contributed by atoms with van der Waals surface area (Å²) in [5.41, 5.74) is 4.31. The average Bonchev–Trinajstić information content (AvgIpc) is 3.61. The van der Waals surface area contributed by atoms with Crippen LogP contribution in [0.2, 0.25) is 5.02 Å². The van der Waals surface area contributed by atoms with Gasteiger partial charge in [-0.05, 0) is 69.9 Å². The third-order valence-electron chi connectivity index (χ3n) is 10.4. The molecule has 3 aliphatic heterocycles. The van der Waals surface area contributed by atoms with Gasteiger partial charge in [0.15, 0.2) is 0 Å². The summed E-state index contributed by atoms with van der Waals surface area (Å²) < 4.78 is 5.55. The minimum absolute atomic E-state index is 0.0201. The molecule has 3 aromatic rings. The Bertz CT molecular complexity index is 2130. The molecule has 1 unspecified atom stereocenters. The summed E-state index contributed by atoms with van der Waals surface area (Å²) in [6.45, 7) is 6.70. The van der Waals surface area contributed by atoms with Crippen molar-refractivity contribution < 1.29 is 28.7 Å². The average molecular weight is 815 g/mol. The molecular formula is C41H47ClN8O6S. The molecule has 2 aromatic carbocycles. The van der Waals surface area contributed by atoms with E-state index in [9.17, 15) is 24.0 Å². The number of aryl methyl sites for hydroxylation is 1. The first-order valence-corrected chi connectivity index (χ1v) is 20.4. The highest BCUT2D eigenvalue weighted by atomic mass is 35.5. The zero-order chi connectivity index (χ0) is 40.8. The van der Waals surface area contributed by atoms with Crippen LogP contribution in [0.1, 0.15) is 102 Å². The Kier molecular flexibility index (Phi) is 13.2. The summed E-state index contributed by atoms with van der Waals surface area (Å²) in [6.07, 6.45) is 5.04. The maximum Gasteiger partial charge on any atom is 0.412 e. The van der Waals surface area contributed by atoms with E-state index in [0.717, 1.165) is 65.1 Å². The van der Waals surface area contributed by atoms with Crippen LogP contribution in [-0.2, 0) is 20.9 Å². The van der Waals surface area contributed by atoms with E-state index in [1.54, 1.807) is 42.2 Å². The summed E-state index contributed by atoms with van der Waals surface area (Å²) in [4.78, 5) is 71.8. The SMILES string of the molecule is CC(=N)N1C(=N)[C@H](CC(=O)NCCCCCCCCNC(=O)Oc2cccc3c2CN(C2CCC(=O)NC2=O)C3=O)N=C(c2ccc(Cl)cc2)c2c1sc(C)c2C. The fourth-order valence-electron chi connectivity index (χ4n) is 7.30. The van der Waals surface area contributed by atoms with Gasteiger partial charge in [-0.15, -0.1) is 11.3 Å². The van der Waals surface area contributed by atoms with Crippen molar-refractivity contribution in [3.63, 3.8) is 0 Å². The number of aliphatic imine (C=N–C) groups is 1. The number of unbranched alkanes of at least 4 members (excludes halogenated alkanes) is 5. The van der Waals surface area contributed by atoms with Crippen LogP contribution in [-0.4, -0.2) is 77.2 Å². The number of hydrogen-bond acceptors (Lipinski definition) is 10. The van der Waals surface area contributed by atoms with Gasteiger partial charge in [0.05, 0.1) is 18.7 Å². The normalized spacial score (nSPS) is 17.7. The van der Waals surface area contributed by atoms with Crippen molar-refractivity contribution in [3.05, 3.63) is 80.2 Å². The number of fused-ring (bicyclic) bond motifs is 2. The minimum Gasteiger partial charge on any atom is -0.410 e. The Morgan fingerprint density at radius 2 is 1.68 bits per heavy atom. The number of thiophene rings is 1. The first-order chi connectivity index (χ1) is 27.3. The Balaban J connectivity index is 0.904. The fourth-order valence-corrected chi connectivity index (χ4v) is 8.65. The number of imide groups is 1. The molecule has 0 saturated carbocycles. The number of carbonyl (C=O) groups is 5. The Hall–Kier alpha value is -5.41. The number of nitrogens with zero attached hydrogens (tertiary/aromatic N) is 3. The molecule has 0 bridgehead atoms. The Morgan fingerprint density at radius 3 is 2.37 bits per heavy atom. The number of piperidine rings is 1. The van der Waals surface area contributed by atoms with Gasteiger partial charge >= 0.3 is 6.09 Å². The second-order valence-electron chi connectivity index (χ2n) is 14.4. The number of rotatable bonds is 14. The second kappa shape index (κ2) is 18.2. The topological polar surface area (TPSA) is 197 Å². The van der Waals surface area contributed by atoms with Gasteiger partial charge in [0.25, 0.3) is 5.91 Å². The second-order valence-corrected chi connectivity index (χ2v) is 16.1. The first kappa shape index (κ1) is 41.2. The molecule has 0 radical (unpaired) electrons. The summed E-state index contributed by atoms with van der Waals surface area (Å²) in [5, 5.41) is 27.0. The van der Waals surface area contributed by atoms with E-state index in [-0.39, 0.29) is 60.9 Å². The molecule has 4 heterocycles. The molecule has 5 N–H and O–H groups in total. The van der Waals surface area contributed by atoms with Crippen molar-refractivity contribution in [3.8, 4) is 5.75 Å². The van der Waals surface area contributed by atoms with Crippen molar-refractivity contribution >= 4 is 75.0 Å². The Labute approximate surface area is 340 Å². The number of hydrogen-bond donors (Lipinski definition) is 5. The minimum atomic E-state index is -0.783. The molecule has 6 rings (SSSR count). The predicted octanol–water partition coefficient (Wildman–Crippen LogP) is 6.42. The third kappa shape index (κ3) is 9.42. The maximum atomic E-state index is 13.2. The third-order valence-corrected chi connectivity index (χ3v) is 11.9. The maximum absolute atomic E-state index is 13.2. The number of amides is 5. The summed E-state index contributed by atoms with van der Waals surface area (Å²) in [6, 6.07) is 10.7. The van der Waals surface area contributed by atoms with Gasteiger partial charge in [-0.2, -0.15) is 0 Å². The van der Waals surface area contributed by atoms with Crippen molar-refractivity contribution in [1.82, 2.24) is 20.9 Å².